The van der Waals surface area contributed by atoms with Crippen LogP contribution in [-0.2, 0) is 16.1 Å². The minimum absolute atomic E-state index is 0.153. The predicted octanol–water partition coefficient (Wildman–Crippen LogP) is 2.99. The third kappa shape index (κ3) is 7.69. The van der Waals surface area contributed by atoms with Gasteiger partial charge in [-0.3, -0.25) is 4.79 Å². The van der Waals surface area contributed by atoms with Crippen LogP contribution in [0.1, 0.15) is 36.2 Å². The van der Waals surface area contributed by atoms with E-state index < -0.39 is 12.1 Å². The van der Waals surface area contributed by atoms with Crippen molar-refractivity contribution < 1.29 is 32.6 Å². The monoisotopic (exact) mass is 552 g/mol. The van der Waals surface area contributed by atoms with Gasteiger partial charge in [-0.2, -0.15) is 13.2 Å². The number of rotatable bonds is 6. The van der Waals surface area contributed by atoms with E-state index in [-0.39, 0.29) is 5.91 Å². The minimum Gasteiger partial charge on any atom is -0.475 e. The van der Waals surface area contributed by atoms with Crippen molar-refractivity contribution >= 4 is 17.8 Å². The lowest BCUT2D eigenvalue weighted by molar-refractivity contribution is -0.192. The highest BCUT2D eigenvalue weighted by molar-refractivity contribution is 5.94. The summed E-state index contributed by atoms with van der Waals surface area (Å²) in [5.41, 5.74) is 2.77. The van der Waals surface area contributed by atoms with E-state index in [0.717, 1.165) is 68.3 Å². The normalized spacial score (nSPS) is 18.6. The summed E-state index contributed by atoms with van der Waals surface area (Å²) in [4.78, 5) is 38.0. The molecule has 1 N–H and O–H groups in total. The number of ether oxygens (including phenoxy) is 1. The first-order valence-electron chi connectivity index (χ1n) is 13.1. The van der Waals surface area contributed by atoms with Crippen LogP contribution in [0, 0.1) is 5.92 Å². The number of likely N-dealkylation sites (tertiary alicyclic amines) is 1. The summed E-state index contributed by atoms with van der Waals surface area (Å²) in [6.45, 7) is 5.63. The molecule has 2 aliphatic heterocycles. The number of carboxylic acids is 1. The number of hydrogen-bond donors (Lipinski definition) is 1. The Balaban J connectivity index is 0.000000448. The molecule has 1 saturated carbocycles. The highest BCUT2D eigenvalue weighted by Gasteiger charge is 2.38. The Labute approximate surface area is 225 Å². The molecule has 0 spiro atoms. The van der Waals surface area contributed by atoms with Crippen LogP contribution < -0.4 is 4.90 Å². The number of amides is 1. The molecule has 10 nitrogen and oxygen atoms in total. The van der Waals surface area contributed by atoms with Gasteiger partial charge in [0.15, 0.2) is 0 Å². The number of halogens is 3. The number of alkyl halides is 3. The van der Waals surface area contributed by atoms with Crippen LogP contribution in [0.25, 0.3) is 11.1 Å². The summed E-state index contributed by atoms with van der Waals surface area (Å²) >= 11 is 0. The molecular formula is C26H35F3N6O4. The first-order valence-corrected chi connectivity index (χ1v) is 13.1. The number of carbonyl (C=O) groups is 2. The van der Waals surface area contributed by atoms with E-state index in [2.05, 4.69) is 44.6 Å². The molecule has 1 amide bonds. The molecule has 214 valence electrons. The summed E-state index contributed by atoms with van der Waals surface area (Å²) in [7, 11) is 4.25. The minimum atomic E-state index is -5.08. The van der Waals surface area contributed by atoms with Crippen molar-refractivity contribution in [2.75, 3.05) is 58.4 Å². The summed E-state index contributed by atoms with van der Waals surface area (Å²) < 4.78 is 39.3. The fourth-order valence-electron chi connectivity index (χ4n) is 4.72. The van der Waals surface area contributed by atoms with Gasteiger partial charge in [-0.1, -0.05) is 0 Å². The Morgan fingerprint density at radius 2 is 1.62 bits per heavy atom. The molecule has 3 fully saturated rings. The molecule has 0 bridgehead atoms. The second-order valence-electron chi connectivity index (χ2n) is 10.4. The van der Waals surface area contributed by atoms with Crippen LogP contribution in [0.3, 0.4) is 0 Å². The number of aliphatic carboxylic acids is 1. The molecule has 0 radical (unpaired) electrons. The largest absolute Gasteiger partial charge is 0.490 e. The van der Waals surface area contributed by atoms with Gasteiger partial charge < -0.3 is 29.1 Å². The molecule has 13 heteroatoms. The highest BCUT2D eigenvalue weighted by Crippen LogP contribution is 2.33. The number of carbonyl (C=O) groups excluding carboxylic acids is 1. The Morgan fingerprint density at radius 3 is 2.13 bits per heavy atom. The first kappa shape index (κ1) is 28.8. The average Bonchev–Trinajstić information content (AvgIpc) is 3.65. The van der Waals surface area contributed by atoms with Gasteiger partial charge >= 0.3 is 12.1 Å². The molecule has 1 aliphatic carbocycles. The second kappa shape index (κ2) is 12.3. The van der Waals surface area contributed by atoms with Crippen LogP contribution in [0.5, 0.6) is 0 Å². The highest BCUT2D eigenvalue weighted by atomic mass is 19.4. The number of anilines is 1. The van der Waals surface area contributed by atoms with E-state index in [1.54, 1.807) is 0 Å². The zero-order valence-corrected chi connectivity index (χ0v) is 22.2. The molecule has 2 aromatic rings. The lowest BCUT2D eigenvalue weighted by atomic mass is 10.0. The standard InChI is InChI=1S/C24H34N6O2.C2HF3O2/c1-27(2)21-5-7-28(8-6-21)23(31)22-13-19(17-30(22)16-18-3-4-18)20-14-25-24(26-15-20)29-9-11-32-12-10-29;3-2(4,5)1(6)7/h13-15,17-18,21H,3-12,16H2,1-2H3;(H,6,7). The van der Waals surface area contributed by atoms with Crippen molar-refractivity contribution in [1.29, 1.82) is 0 Å². The van der Waals surface area contributed by atoms with Gasteiger partial charge in [-0.05, 0) is 51.8 Å². The van der Waals surface area contributed by atoms with Crippen LogP contribution >= 0.6 is 0 Å². The predicted molar refractivity (Wildman–Crippen MR) is 138 cm³/mol. The van der Waals surface area contributed by atoms with Crippen molar-refractivity contribution in [2.45, 2.75) is 44.4 Å². The zero-order chi connectivity index (χ0) is 28.2. The molecule has 5 rings (SSSR count). The summed E-state index contributed by atoms with van der Waals surface area (Å²) in [6, 6.07) is 2.60. The van der Waals surface area contributed by atoms with Crippen molar-refractivity contribution in [3.8, 4) is 11.1 Å². The molecule has 0 aromatic carbocycles. The lowest BCUT2D eigenvalue weighted by Crippen LogP contribution is -2.44. The van der Waals surface area contributed by atoms with Crippen LogP contribution in [0.2, 0.25) is 0 Å². The fraction of sp³-hybridized carbons (Fsp3) is 0.615. The molecule has 0 unspecified atom stereocenters. The van der Waals surface area contributed by atoms with Crippen LogP contribution in [0.15, 0.2) is 24.7 Å². The van der Waals surface area contributed by atoms with E-state index in [1.165, 1.54) is 12.8 Å². The van der Waals surface area contributed by atoms with Gasteiger partial charge in [0.05, 0.1) is 13.2 Å². The van der Waals surface area contributed by atoms with Gasteiger partial charge in [-0.15, -0.1) is 0 Å². The van der Waals surface area contributed by atoms with Crippen molar-refractivity contribution in [3.63, 3.8) is 0 Å². The first-order chi connectivity index (χ1) is 18.5. The topological polar surface area (TPSA) is 104 Å². The molecule has 4 heterocycles. The fourth-order valence-corrected chi connectivity index (χ4v) is 4.72. The zero-order valence-electron chi connectivity index (χ0n) is 22.2. The number of aromatic nitrogens is 3. The number of hydrogen-bond acceptors (Lipinski definition) is 7. The van der Waals surface area contributed by atoms with Crippen LogP contribution in [0.4, 0.5) is 19.1 Å². The van der Waals surface area contributed by atoms with Gasteiger partial charge in [-0.25, -0.2) is 14.8 Å². The SMILES string of the molecule is CN(C)C1CCN(C(=O)c2cc(-c3cnc(N4CCOCC4)nc3)cn2CC2CC2)CC1.O=C(O)C(F)(F)F. The Kier molecular flexibility index (Phi) is 9.11. The Hall–Kier alpha value is -3.19. The molecule has 2 aromatic heterocycles. The molecule has 39 heavy (non-hydrogen) atoms. The second-order valence-corrected chi connectivity index (χ2v) is 10.4. The average molecular weight is 553 g/mol. The summed E-state index contributed by atoms with van der Waals surface area (Å²) in [5.74, 6) is -1.16. The maximum absolute atomic E-state index is 13.4. The quantitative estimate of drug-likeness (QED) is 0.584. The molecule has 0 atom stereocenters. The van der Waals surface area contributed by atoms with Crippen molar-refractivity contribution in [1.82, 2.24) is 24.3 Å². The number of piperidine rings is 1. The van der Waals surface area contributed by atoms with E-state index in [1.807, 2.05) is 23.4 Å². The number of morpholine rings is 1. The van der Waals surface area contributed by atoms with Gasteiger partial charge in [0, 0.05) is 68.5 Å². The van der Waals surface area contributed by atoms with Gasteiger partial charge in [0.1, 0.15) is 5.69 Å². The Bertz CT molecular complexity index is 1120. The maximum atomic E-state index is 13.4. The Morgan fingerprint density at radius 1 is 1.03 bits per heavy atom. The van der Waals surface area contributed by atoms with Crippen LogP contribution in [-0.4, -0.2) is 107 Å². The van der Waals surface area contributed by atoms with E-state index in [4.69, 9.17) is 14.6 Å². The summed E-state index contributed by atoms with van der Waals surface area (Å²) in [6.07, 6.45) is 5.37. The molecule has 2 saturated heterocycles. The molecule has 3 aliphatic rings. The van der Waals surface area contributed by atoms with Gasteiger partial charge in [0.25, 0.3) is 5.91 Å². The van der Waals surface area contributed by atoms with E-state index in [9.17, 15) is 18.0 Å². The maximum Gasteiger partial charge on any atom is 0.490 e. The van der Waals surface area contributed by atoms with Crippen molar-refractivity contribution in [3.05, 3.63) is 30.4 Å². The van der Waals surface area contributed by atoms with E-state index in [0.29, 0.717) is 25.2 Å². The summed E-state index contributed by atoms with van der Waals surface area (Å²) in [5, 5.41) is 7.12. The van der Waals surface area contributed by atoms with Gasteiger partial charge in [0.2, 0.25) is 5.95 Å². The number of carboxylic acid groups (broad SMARTS) is 1. The number of nitrogens with zero attached hydrogens (tertiary/aromatic N) is 6. The molecular weight excluding hydrogens is 517 g/mol. The third-order valence-electron chi connectivity index (χ3n) is 7.26. The van der Waals surface area contributed by atoms with E-state index >= 15 is 0 Å². The third-order valence-corrected chi connectivity index (χ3v) is 7.26. The van der Waals surface area contributed by atoms with Crippen molar-refractivity contribution in [2.24, 2.45) is 5.92 Å². The smallest absolute Gasteiger partial charge is 0.475 e. The lowest BCUT2D eigenvalue weighted by Gasteiger charge is -2.35.